The lowest BCUT2D eigenvalue weighted by Crippen LogP contribution is -2.47. The van der Waals surface area contributed by atoms with Crippen molar-refractivity contribution in [3.63, 3.8) is 0 Å². The molecule has 0 spiro atoms. The van der Waals surface area contributed by atoms with Gasteiger partial charge >= 0.3 is 0 Å². The Morgan fingerprint density at radius 2 is 1.86 bits per heavy atom. The molecule has 188 valence electrons. The van der Waals surface area contributed by atoms with Gasteiger partial charge in [0.25, 0.3) is 0 Å². The van der Waals surface area contributed by atoms with Crippen molar-refractivity contribution in [2.45, 2.75) is 0 Å². The summed E-state index contributed by atoms with van der Waals surface area (Å²) in [7, 11) is 5.54. The zero-order chi connectivity index (χ0) is 25.1. The van der Waals surface area contributed by atoms with E-state index in [9.17, 15) is 5.11 Å². The van der Waals surface area contributed by atoms with Gasteiger partial charge in [0.05, 0.1) is 48.2 Å². The van der Waals surface area contributed by atoms with Crippen LogP contribution in [0, 0.1) is 0 Å². The second-order valence-electron chi connectivity index (χ2n) is 8.83. The molecule has 0 amide bonds. The van der Waals surface area contributed by atoms with Crippen molar-refractivity contribution in [3.05, 3.63) is 48.9 Å². The summed E-state index contributed by atoms with van der Waals surface area (Å²) in [4.78, 5) is 13.6. The summed E-state index contributed by atoms with van der Waals surface area (Å²) in [6, 6.07) is 12.2. The predicted octanol–water partition coefficient (Wildman–Crippen LogP) is 2.94. The standard InChI is InChI=1S/C26H32N8O2/c1-27-21-13-22(25(36-3)15-24(21)34-8-6-33(7-9-34)10-11-35)31-26-14-20(28-17-29-26)18-4-5-23-19(12-18)16-30-32(23)2/h4-5,12-17,27,35H,6-11H2,1-3H3,(H,28,29,31). The van der Waals surface area contributed by atoms with Crippen LogP contribution in [0.2, 0.25) is 0 Å². The first-order chi connectivity index (χ1) is 17.6. The van der Waals surface area contributed by atoms with Crippen LogP contribution in [0.3, 0.4) is 0 Å². The van der Waals surface area contributed by atoms with E-state index in [-0.39, 0.29) is 6.61 Å². The van der Waals surface area contributed by atoms with Crippen LogP contribution in [0.25, 0.3) is 22.2 Å². The highest BCUT2D eigenvalue weighted by Crippen LogP contribution is 2.38. The molecular formula is C26H32N8O2. The molecule has 1 saturated heterocycles. The number of fused-ring (bicyclic) bond motifs is 1. The molecule has 0 radical (unpaired) electrons. The van der Waals surface area contributed by atoms with Crippen LogP contribution in [0.4, 0.5) is 22.9 Å². The van der Waals surface area contributed by atoms with Crippen molar-refractivity contribution in [2.24, 2.45) is 7.05 Å². The zero-order valence-corrected chi connectivity index (χ0v) is 20.9. The maximum absolute atomic E-state index is 9.23. The Hall–Kier alpha value is -3.89. The smallest absolute Gasteiger partial charge is 0.144 e. The molecule has 2 aromatic heterocycles. The van der Waals surface area contributed by atoms with Crippen LogP contribution in [0.15, 0.2) is 48.9 Å². The first-order valence-corrected chi connectivity index (χ1v) is 12.1. The van der Waals surface area contributed by atoms with Gasteiger partial charge in [-0.1, -0.05) is 6.07 Å². The van der Waals surface area contributed by atoms with E-state index in [0.29, 0.717) is 5.82 Å². The lowest BCUT2D eigenvalue weighted by molar-refractivity contribution is 0.189. The molecule has 10 heteroatoms. The van der Waals surface area contributed by atoms with Crippen molar-refractivity contribution in [1.29, 1.82) is 0 Å². The van der Waals surface area contributed by atoms with Gasteiger partial charge in [-0.15, -0.1) is 0 Å². The van der Waals surface area contributed by atoms with Crippen LogP contribution in [0.1, 0.15) is 0 Å². The number of aryl methyl sites for hydroxylation is 1. The molecule has 3 N–H and O–H groups in total. The first kappa shape index (κ1) is 23.8. The molecule has 0 atom stereocenters. The van der Waals surface area contributed by atoms with Crippen LogP contribution in [0.5, 0.6) is 5.75 Å². The Kier molecular flexibility index (Phi) is 6.88. The molecule has 0 aliphatic carbocycles. The lowest BCUT2D eigenvalue weighted by atomic mass is 10.1. The van der Waals surface area contributed by atoms with Crippen LogP contribution >= 0.6 is 0 Å². The van der Waals surface area contributed by atoms with Crippen molar-refractivity contribution < 1.29 is 9.84 Å². The Bertz CT molecular complexity index is 1350. The van der Waals surface area contributed by atoms with Crippen LogP contribution in [-0.2, 0) is 7.05 Å². The highest BCUT2D eigenvalue weighted by Gasteiger charge is 2.21. The minimum Gasteiger partial charge on any atom is -0.494 e. The van der Waals surface area contributed by atoms with Crippen molar-refractivity contribution >= 4 is 33.8 Å². The second-order valence-corrected chi connectivity index (χ2v) is 8.83. The number of β-amino-alcohol motifs (C(OH)–C–C–N with tert-alkyl or cyclic N) is 1. The van der Waals surface area contributed by atoms with Gasteiger partial charge in [-0.05, 0) is 18.2 Å². The fourth-order valence-electron chi connectivity index (χ4n) is 4.70. The quantitative estimate of drug-likeness (QED) is 0.345. The van der Waals surface area contributed by atoms with Gasteiger partial charge < -0.3 is 25.4 Å². The number of methoxy groups -OCH3 is 1. The van der Waals surface area contributed by atoms with Gasteiger partial charge in [-0.25, -0.2) is 9.97 Å². The summed E-state index contributed by atoms with van der Waals surface area (Å²) in [6.45, 7) is 4.53. The molecule has 4 aromatic rings. The molecule has 1 fully saturated rings. The van der Waals surface area contributed by atoms with Gasteiger partial charge in [0.1, 0.15) is 17.9 Å². The molecule has 0 bridgehead atoms. The normalized spacial score (nSPS) is 14.3. The number of rotatable bonds is 8. The van der Waals surface area contributed by atoms with Crippen molar-refractivity contribution in [1.82, 2.24) is 24.6 Å². The van der Waals surface area contributed by atoms with Crippen molar-refractivity contribution in [2.75, 3.05) is 69.0 Å². The van der Waals surface area contributed by atoms with E-state index in [1.54, 1.807) is 13.4 Å². The highest BCUT2D eigenvalue weighted by atomic mass is 16.5. The Labute approximate surface area is 210 Å². The summed E-state index contributed by atoms with van der Waals surface area (Å²) in [5.74, 6) is 1.41. The molecule has 0 unspecified atom stereocenters. The molecule has 36 heavy (non-hydrogen) atoms. The molecule has 2 aromatic carbocycles. The summed E-state index contributed by atoms with van der Waals surface area (Å²) in [6.07, 6.45) is 3.42. The topological polar surface area (TPSA) is 104 Å². The number of aliphatic hydroxyl groups is 1. The third-order valence-electron chi connectivity index (χ3n) is 6.69. The first-order valence-electron chi connectivity index (χ1n) is 12.1. The van der Waals surface area contributed by atoms with E-state index in [4.69, 9.17) is 4.74 Å². The van der Waals surface area contributed by atoms with Crippen LogP contribution in [-0.4, -0.2) is 83.2 Å². The maximum atomic E-state index is 9.23. The molecule has 5 rings (SSSR count). The van der Waals surface area contributed by atoms with E-state index < -0.39 is 0 Å². The summed E-state index contributed by atoms with van der Waals surface area (Å²) < 4.78 is 7.62. The number of nitrogens with one attached hydrogen (secondary N) is 2. The molecule has 10 nitrogen and oxygen atoms in total. The number of anilines is 4. The summed E-state index contributed by atoms with van der Waals surface area (Å²) in [5.41, 5.74) is 5.81. The largest absolute Gasteiger partial charge is 0.494 e. The van der Waals surface area contributed by atoms with E-state index in [1.165, 1.54) is 0 Å². The molecule has 3 heterocycles. The average Bonchev–Trinajstić information content (AvgIpc) is 3.29. The molecule has 1 aliphatic rings. The minimum absolute atomic E-state index is 0.193. The summed E-state index contributed by atoms with van der Waals surface area (Å²) in [5, 5.41) is 21.4. The number of benzene rings is 2. The minimum atomic E-state index is 0.193. The number of aliphatic hydroxyl groups excluding tert-OH is 1. The Morgan fingerprint density at radius 3 is 2.61 bits per heavy atom. The van der Waals surface area contributed by atoms with E-state index in [2.05, 4.69) is 59.8 Å². The van der Waals surface area contributed by atoms with Gasteiger partial charge in [0.2, 0.25) is 0 Å². The molecule has 1 aliphatic heterocycles. The van der Waals surface area contributed by atoms with Gasteiger partial charge in [0, 0.05) is 69.9 Å². The third kappa shape index (κ3) is 4.77. The van der Waals surface area contributed by atoms with Gasteiger partial charge in [-0.2, -0.15) is 5.10 Å². The monoisotopic (exact) mass is 488 g/mol. The number of hydrogen-bond acceptors (Lipinski definition) is 9. The second kappa shape index (κ2) is 10.4. The SMILES string of the molecule is CNc1cc(Nc2cc(-c3ccc4c(cnn4C)c3)ncn2)c(OC)cc1N1CCN(CCO)CC1. The summed E-state index contributed by atoms with van der Waals surface area (Å²) >= 11 is 0. The number of hydrogen-bond donors (Lipinski definition) is 3. The number of aromatic nitrogens is 4. The third-order valence-corrected chi connectivity index (χ3v) is 6.69. The lowest BCUT2D eigenvalue weighted by Gasteiger charge is -2.37. The highest BCUT2D eigenvalue weighted by molar-refractivity contribution is 5.85. The Balaban J connectivity index is 1.40. The van der Waals surface area contributed by atoms with E-state index in [0.717, 1.165) is 77.7 Å². The predicted molar refractivity (Wildman–Crippen MR) is 143 cm³/mol. The molecular weight excluding hydrogens is 456 g/mol. The van der Waals surface area contributed by atoms with Gasteiger partial charge in [-0.3, -0.25) is 9.58 Å². The number of nitrogens with zero attached hydrogens (tertiary/aromatic N) is 6. The number of ether oxygens (including phenoxy) is 1. The maximum Gasteiger partial charge on any atom is 0.144 e. The zero-order valence-electron chi connectivity index (χ0n) is 20.9. The fourth-order valence-corrected chi connectivity index (χ4v) is 4.70. The Morgan fingerprint density at radius 1 is 1.03 bits per heavy atom. The van der Waals surface area contributed by atoms with Crippen molar-refractivity contribution in [3.8, 4) is 17.0 Å². The molecule has 0 saturated carbocycles. The number of piperazine rings is 1. The van der Waals surface area contributed by atoms with Gasteiger partial charge in [0.15, 0.2) is 0 Å². The van der Waals surface area contributed by atoms with E-state index >= 15 is 0 Å². The fraction of sp³-hybridized carbons (Fsp3) is 0.346. The van der Waals surface area contributed by atoms with E-state index in [1.807, 2.05) is 37.1 Å². The van der Waals surface area contributed by atoms with Crippen LogP contribution < -0.4 is 20.3 Å². The average molecular weight is 489 g/mol.